The lowest BCUT2D eigenvalue weighted by atomic mass is 9.89. The minimum absolute atomic E-state index is 0.380. The van der Waals surface area contributed by atoms with Crippen LogP contribution in [0.2, 0.25) is 10.2 Å². The van der Waals surface area contributed by atoms with Crippen molar-refractivity contribution in [2.45, 2.75) is 18.9 Å². The number of rotatable bonds is 1. The molecule has 0 unspecified atom stereocenters. The van der Waals surface area contributed by atoms with Gasteiger partial charge in [0.25, 0.3) is 0 Å². The van der Waals surface area contributed by atoms with Gasteiger partial charge in [-0.1, -0.05) is 23.2 Å². The molecule has 1 N–H and O–H groups in total. The lowest BCUT2D eigenvalue weighted by molar-refractivity contribution is 0.234. The third-order valence-electron chi connectivity index (χ3n) is 3.78. The predicted molar refractivity (Wildman–Crippen MR) is 71.0 cm³/mol. The second kappa shape index (κ2) is 4.63. The van der Waals surface area contributed by atoms with E-state index < -0.39 is 0 Å². The first-order valence-electron chi connectivity index (χ1n) is 6.03. The van der Waals surface area contributed by atoms with Gasteiger partial charge in [-0.25, -0.2) is 4.98 Å². The summed E-state index contributed by atoms with van der Waals surface area (Å²) in [5, 5.41) is 4.41. The summed E-state index contributed by atoms with van der Waals surface area (Å²) in [5.41, 5.74) is 1.08. The first-order valence-corrected chi connectivity index (χ1v) is 6.79. The number of fused-ring (bicyclic) bond motifs is 1. The maximum Gasteiger partial charge on any atom is 0.147 e. The molecule has 1 aromatic heterocycles. The van der Waals surface area contributed by atoms with Crippen LogP contribution in [-0.4, -0.2) is 30.7 Å². The fourth-order valence-electron chi connectivity index (χ4n) is 2.66. The van der Waals surface area contributed by atoms with E-state index in [2.05, 4.69) is 15.2 Å². The molecule has 3 nitrogen and oxygen atoms in total. The number of aromatic nitrogens is 1. The van der Waals surface area contributed by atoms with Crippen molar-refractivity contribution in [2.24, 2.45) is 5.92 Å². The highest BCUT2D eigenvalue weighted by molar-refractivity contribution is 6.41. The fraction of sp³-hybridized carbons (Fsp3) is 0.583. The molecule has 0 aliphatic carbocycles. The van der Waals surface area contributed by atoms with Crippen LogP contribution in [0.15, 0.2) is 12.3 Å². The number of pyridine rings is 1. The number of anilines is 1. The van der Waals surface area contributed by atoms with E-state index in [9.17, 15) is 0 Å². The first-order chi connectivity index (χ1) is 8.24. The van der Waals surface area contributed by atoms with Crippen molar-refractivity contribution < 1.29 is 0 Å². The van der Waals surface area contributed by atoms with E-state index >= 15 is 0 Å². The van der Waals surface area contributed by atoms with Crippen LogP contribution in [0, 0.1) is 5.92 Å². The minimum atomic E-state index is 0.380. The van der Waals surface area contributed by atoms with Gasteiger partial charge in [-0.05, 0) is 31.4 Å². The summed E-state index contributed by atoms with van der Waals surface area (Å²) in [4.78, 5) is 6.47. The Morgan fingerprint density at radius 2 is 2.29 bits per heavy atom. The van der Waals surface area contributed by atoms with Crippen molar-refractivity contribution in [1.82, 2.24) is 10.3 Å². The molecule has 0 amide bonds. The lowest BCUT2D eigenvalue weighted by Gasteiger charge is -2.38. The van der Waals surface area contributed by atoms with Crippen molar-refractivity contribution in [3.05, 3.63) is 22.4 Å². The molecule has 2 fully saturated rings. The van der Waals surface area contributed by atoms with Gasteiger partial charge >= 0.3 is 0 Å². The van der Waals surface area contributed by atoms with Gasteiger partial charge in [0.15, 0.2) is 0 Å². The van der Waals surface area contributed by atoms with Crippen LogP contribution in [-0.2, 0) is 0 Å². The van der Waals surface area contributed by atoms with E-state index in [1.807, 2.05) is 12.3 Å². The maximum atomic E-state index is 6.02. The molecule has 3 rings (SSSR count). The second-order valence-corrected chi connectivity index (χ2v) is 5.59. The van der Waals surface area contributed by atoms with E-state index in [1.165, 1.54) is 19.4 Å². The Bertz CT molecular complexity index is 424. The van der Waals surface area contributed by atoms with Gasteiger partial charge in [-0.15, -0.1) is 0 Å². The van der Waals surface area contributed by atoms with Gasteiger partial charge in [-0.2, -0.15) is 0 Å². The van der Waals surface area contributed by atoms with Crippen molar-refractivity contribution in [3.63, 3.8) is 0 Å². The average Bonchev–Trinajstić information content (AvgIpc) is 2.43. The average molecular weight is 272 g/mol. The second-order valence-electron chi connectivity index (χ2n) is 4.83. The van der Waals surface area contributed by atoms with E-state index in [-0.39, 0.29) is 0 Å². The topological polar surface area (TPSA) is 28.2 Å². The first kappa shape index (κ1) is 11.6. The van der Waals surface area contributed by atoms with Crippen molar-refractivity contribution in [2.75, 3.05) is 24.5 Å². The smallest absolute Gasteiger partial charge is 0.147 e. The number of hydrogen-bond acceptors (Lipinski definition) is 3. The Morgan fingerprint density at radius 3 is 3.00 bits per heavy atom. The SMILES string of the molecule is Clc1cc(N2CCC[C@@H]3CN[C@@H]3C2)cnc1Cl. The van der Waals surface area contributed by atoms with Gasteiger partial charge in [0, 0.05) is 19.1 Å². The summed E-state index contributed by atoms with van der Waals surface area (Å²) in [6.07, 6.45) is 4.37. The van der Waals surface area contributed by atoms with Gasteiger partial charge in [-0.3, -0.25) is 0 Å². The molecule has 0 spiro atoms. The molecule has 0 saturated carbocycles. The predicted octanol–water partition coefficient (Wildman–Crippen LogP) is 2.58. The highest BCUT2D eigenvalue weighted by Crippen LogP contribution is 2.29. The quantitative estimate of drug-likeness (QED) is 0.796. The summed E-state index contributed by atoms with van der Waals surface area (Å²) in [6, 6.07) is 2.54. The van der Waals surface area contributed by atoms with Crippen LogP contribution < -0.4 is 10.2 Å². The Morgan fingerprint density at radius 1 is 1.41 bits per heavy atom. The molecule has 2 atom stereocenters. The van der Waals surface area contributed by atoms with Crippen LogP contribution in [0.5, 0.6) is 0 Å². The molecular weight excluding hydrogens is 257 g/mol. The van der Waals surface area contributed by atoms with Crippen LogP contribution in [0.4, 0.5) is 5.69 Å². The van der Waals surface area contributed by atoms with Gasteiger partial charge < -0.3 is 10.2 Å². The zero-order valence-electron chi connectivity index (χ0n) is 9.50. The van der Waals surface area contributed by atoms with Gasteiger partial charge in [0.2, 0.25) is 0 Å². The summed E-state index contributed by atoms with van der Waals surface area (Å²) in [5.74, 6) is 0.857. The zero-order chi connectivity index (χ0) is 11.8. The normalized spacial score (nSPS) is 28.2. The Balaban J connectivity index is 1.80. The zero-order valence-corrected chi connectivity index (χ0v) is 11.0. The molecule has 5 heteroatoms. The van der Waals surface area contributed by atoms with Crippen LogP contribution in [0.1, 0.15) is 12.8 Å². The van der Waals surface area contributed by atoms with Crippen molar-refractivity contribution >= 4 is 28.9 Å². The fourth-order valence-corrected chi connectivity index (χ4v) is 2.92. The highest BCUT2D eigenvalue weighted by atomic mass is 35.5. The van der Waals surface area contributed by atoms with Crippen LogP contribution in [0.25, 0.3) is 0 Å². The molecule has 0 radical (unpaired) electrons. The van der Waals surface area contributed by atoms with E-state index in [0.717, 1.165) is 24.7 Å². The number of halogens is 2. The molecular formula is C12H15Cl2N3. The molecule has 2 saturated heterocycles. The maximum absolute atomic E-state index is 6.02. The monoisotopic (exact) mass is 271 g/mol. The van der Waals surface area contributed by atoms with Crippen molar-refractivity contribution in [1.29, 1.82) is 0 Å². The Labute approximate surface area is 111 Å². The molecule has 1 aromatic rings. The largest absolute Gasteiger partial charge is 0.369 e. The summed E-state index contributed by atoms with van der Waals surface area (Å²) >= 11 is 11.9. The summed E-state index contributed by atoms with van der Waals surface area (Å²) < 4.78 is 0. The van der Waals surface area contributed by atoms with E-state index in [0.29, 0.717) is 16.2 Å². The minimum Gasteiger partial charge on any atom is -0.369 e. The van der Waals surface area contributed by atoms with Crippen LogP contribution >= 0.6 is 23.2 Å². The van der Waals surface area contributed by atoms with Gasteiger partial charge in [0.1, 0.15) is 5.15 Å². The highest BCUT2D eigenvalue weighted by Gasteiger charge is 2.33. The number of nitrogens with zero attached hydrogens (tertiary/aromatic N) is 2. The Kier molecular flexibility index (Phi) is 3.16. The molecule has 3 heterocycles. The third-order valence-corrected chi connectivity index (χ3v) is 4.46. The van der Waals surface area contributed by atoms with Crippen molar-refractivity contribution in [3.8, 4) is 0 Å². The molecule has 92 valence electrons. The summed E-state index contributed by atoms with van der Waals surface area (Å²) in [6.45, 7) is 3.30. The number of nitrogens with one attached hydrogen (secondary N) is 1. The van der Waals surface area contributed by atoms with Crippen LogP contribution in [0.3, 0.4) is 0 Å². The molecule has 17 heavy (non-hydrogen) atoms. The molecule has 2 aliphatic heterocycles. The molecule has 0 bridgehead atoms. The molecule has 2 aliphatic rings. The van der Waals surface area contributed by atoms with E-state index in [1.54, 1.807) is 0 Å². The molecule has 0 aromatic carbocycles. The van der Waals surface area contributed by atoms with E-state index in [4.69, 9.17) is 23.2 Å². The number of hydrogen-bond donors (Lipinski definition) is 1. The lowest BCUT2D eigenvalue weighted by Crippen LogP contribution is -2.56. The third kappa shape index (κ3) is 2.24. The Hall–Kier alpha value is -0.510. The standard InChI is InChI=1S/C12H15Cl2N3/c13-10-4-9(6-16-12(10)14)17-3-1-2-8-5-15-11(8)7-17/h4,6,8,11,15H,1-3,5,7H2/t8-,11-/m1/s1. The summed E-state index contributed by atoms with van der Waals surface area (Å²) in [7, 11) is 0. The van der Waals surface area contributed by atoms with Gasteiger partial charge in [0.05, 0.1) is 16.9 Å².